The zero-order valence-corrected chi connectivity index (χ0v) is 15.3. The van der Waals surface area contributed by atoms with Gasteiger partial charge in [-0.3, -0.25) is 4.79 Å². The summed E-state index contributed by atoms with van der Waals surface area (Å²) in [5, 5.41) is 1.47. The Morgan fingerprint density at radius 3 is 2.52 bits per heavy atom. The Balaban J connectivity index is 2.20. The highest BCUT2D eigenvalue weighted by atomic mass is 35.5. The first kappa shape index (κ1) is 17.4. The second kappa shape index (κ2) is 7.19. The van der Waals surface area contributed by atoms with Crippen molar-refractivity contribution >= 4 is 28.4 Å². The zero-order chi connectivity index (χ0) is 18.0. The van der Waals surface area contributed by atoms with Crippen LogP contribution >= 0.6 is 11.6 Å². The summed E-state index contributed by atoms with van der Waals surface area (Å²) in [6, 6.07) is 15.3. The van der Waals surface area contributed by atoms with Crippen molar-refractivity contribution in [2.24, 2.45) is 0 Å². The van der Waals surface area contributed by atoms with E-state index in [2.05, 4.69) is 9.97 Å². The van der Waals surface area contributed by atoms with E-state index in [4.69, 9.17) is 11.6 Å². The Labute approximate surface area is 152 Å². The summed E-state index contributed by atoms with van der Waals surface area (Å²) in [7, 11) is 1.78. The van der Waals surface area contributed by atoms with Crippen LogP contribution in [0.3, 0.4) is 0 Å². The second-order valence-electron chi connectivity index (χ2n) is 6.07. The van der Waals surface area contributed by atoms with Gasteiger partial charge in [0.2, 0.25) is 5.82 Å². The molecule has 0 bridgehead atoms. The molecule has 2 aromatic carbocycles. The number of benzene rings is 2. The summed E-state index contributed by atoms with van der Waals surface area (Å²) in [6.07, 6.45) is 0.868. The molecule has 1 heterocycles. The number of fused-ring (bicyclic) bond motifs is 1. The molecular weight excluding hydrogens is 334 g/mol. The Kier molecular flexibility index (Phi) is 5.00. The minimum atomic E-state index is -0.187. The molecule has 1 atom stereocenters. The number of carbonyl (C=O) groups is 1. The summed E-state index contributed by atoms with van der Waals surface area (Å²) in [5.41, 5.74) is 2.20. The fourth-order valence-corrected chi connectivity index (χ4v) is 2.89. The number of amides is 1. The van der Waals surface area contributed by atoms with Crippen molar-refractivity contribution in [1.82, 2.24) is 14.9 Å². The van der Waals surface area contributed by atoms with Gasteiger partial charge in [0.05, 0.1) is 11.2 Å². The third kappa shape index (κ3) is 3.35. The van der Waals surface area contributed by atoms with Gasteiger partial charge in [0.25, 0.3) is 5.91 Å². The largest absolute Gasteiger partial charge is 0.336 e. The molecule has 0 aliphatic heterocycles. The highest BCUT2D eigenvalue weighted by Crippen LogP contribution is 2.31. The summed E-state index contributed by atoms with van der Waals surface area (Å²) >= 11 is 6.37. The molecule has 0 unspecified atom stereocenters. The smallest absolute Gasteiger partial charge is 0.291 e. The standard InChI is InChI=1S/C20H20ClN3O/c1-4-13(2)24(3)20(25)19-22-17-12-8-6-10-15(17)18(23-19)14-9-5-7-11-16(14)21/h5-13H,4H2,1-3H3/t13-/m0/s1. The van der Waals surface area contributed by atoms with Gasteiger partial charge in [-0.2, -0.15) is 0 Å². The van der Waals surface area contributed by atoms with E-state index in [9.17, 15) is 4.79 Å². The van der Waals surface area contributed by atoms with Crippen LogP contribution in [0.25, 0.3) is 22.2 Å². The van der Waals surface area contributed by atoms with E-state index < -0.39 is 0 Å². The van der Waals surface area contributed by atoms with Gasteiger partial charge in [0.1, 0.15) is 0 Å². The minimum absolute atomic E-state index is 0.117. The van der Waals surface area contributed by atoms with Gasteiger partial charge < -0.3 is 4.90 Å². The fourth-order valence-electron chi connectivity index (χ4n) is 2.66. The summed E-state index contributed by atoms with van der Waals surface area (Å²) in [5.74, 6) is 0.00447. The SMILES string of the molecule is CC[C@H](C)N(C)C(=O)c1nc(-c2ccccc2Cl)c2ccccc2n1. The quantitative estimate of drug-likeness (QED) is 0.675. The predicted molar refractivity (Wildman–Crippen MR) is 102 cm³/mol. The van der Waals surface area contributed by atoms with E-state index >= 15 is 0 Å². The van der Waals surface area contributed by atoms with E-state index in [1.165, 1.54) is 0 Å². The molecule has 5 heteroatoms. The van der Waals surface area contributed by atoms with Gasteiger partial charge in [-0.25, -0.2) is 9.97 Å². The maximum atomic E-state index is 12.8. The van der Waals surface area contributed by atoms with Crippen LogP contribution in [0.5, 0.6) is 0 Å². The van der Waals surface area contributed by atoms with E-state index in [1.807, 2.05) is 62.4 Å². The van der Waals surface area contributed by atoms with E-state index in [1.54, 1.807) is 11.9 Å². The normalized spacial score (nSPS) is 12.2. The Morgan fingerprint density at radius 1 is 1.12 bits per heavy atom. The number of nitrogens with zero attached hydrogens (tertiary/aromatic N) is 3. The maximum absolute atomic E-state index is 12.8. The summed E-state index contributed by atoms with van der Waals surface area (Å²) < 4.78 is 0. The number of para-hydroxylation sites is 1. The van der Waals surface area contributed by atoms with Crippen LogP contribution in [-0.4, -0.2) is 33.9 Å². The van der Waals surface area contributed by atoms with Gasteiger partial charge in [0.15, 0.2) is 0 Å². The Bertz CT molecular complexity index is 926. The van der Waals surface area contributed by atoms with Crippen molar-refractivity contribution in [2.75, 3.05) is 7.05 Å². The minimum Gasteiger partial charge on any atom is -0.336 e. The predicted octanol–water partition coefficient (Wildman–Crippen LogP) is 4.82. The molecule has 4 nitrogen and oxygen atoms in total. The van der Waals surface area contributed by atoms with Gasteiger partial charge >= 0.3 is 0 Å². The highest BCUT2D eigenvalue weighted by molar-refractivity contribution is 6.33. The van der Waals surface area contributed by atoms with Crippen molar-refractivity contribution in [2.45, 2.75) is 26.3 Å². The summed E-state index contributed by atoms with van der Waals surface area (Å²) in [6.45, 7) is 4.05. The first-order valence-electron chi connectivity index (χ1n) is 8.31. The van der Waals surface area contributed by atoms with Crippen LogP contribution in [0.1, 0.15) is 30.9 Å². The molecule has 0 aliphatic rings. The number of hydrogen-bond acceptors (Lipinski definition) is 3. The lowest BCUT2D eigenvalue weighted by atomic mass is 10.1. The molecule has 128 valence electrons. The molecule has 25 heavy (non-hydrogen) atoms. The molecule has 3 rings (SSSR count). The number of aromatic nitrogens is 2. The monoisotopic (exact) mass is 353 g/mol. The molecule has 0 saturated heterocycles. The van der Waals surface area contributed by atoms with Crippen molar-refractivity contribution in [3.8, 4) is 11.3 Å². The van der Waals surface area contributed by atoms with E-state index in [0.29, 0.717) is 10.7 Å². The number of rotatable bonds is 4. The summed E-state index contributed by atoms with van der Waals surface area (Å²) in [4.78, 5) is 23.6. The van der Waals surface area contributed by atoms with Gasteiger partial charge in [-0.15, -0.1) is 0 Å². The lowest BCUT2D eigenvalue weighted by Crippen LogP contribution is -2.35. The van der Waals surface area contributed by atoms with Gasteiger partial charge in [0, 0.05) is 29.1 Å². The maximum Gasteiger partial charge on any atom is 0.291 e. The Hall–Kier alpha value is -2.46. The van der Waals surface area contributed by atoms with Crippen molar-refractivity contribution in [3.63, 3.8) is 0 Å². The van der Waals surface area contributed by atoms with Crippen LogP contribution in [0, 0.1) is 0 Å². The van der Waals surface area contributed by atoms with Crippen LogP contribution in [0.15, 0.2) is 48.5 Å². The average Bonchev–Trinajstić information content (AvgIpc) is 2.65. The van der Waals surface area contributed by atoms with Crippen LogP contribution in [0.4, 0.5) is 0 Å². The zero-order valence-electron chi connectivity index (χ0n) is 14.5. The third-order valence-electron chi connectivity index (χ3n) is 4.50. The average molecular weight is 354 g/mol. The Morgan fingerprint density at radius 2 is 1.80 bits per heavy atom. The molecule has 1 amide bonds. The third-order valence-corrected chi connectivity index (χ3v) is 4.83. The molecule has 0 N–H and O–H groups in total. The van der Waals surface area contributed by atoms with Gasteiger partial charge in [-0.05, 0) is 25.5 Å². The number of carbonyl (C=O) groups excluding carboxylic acids is 1. The molecule has 0 spiro atoms. The van der Waals surface area contributed by atoms with Crippen molar-refractivity contribution in [1.29, 1.82) is 0 Å². The van der Waals surface area contributed by atoms with Crippen LogP contribution < -0.4 is 0 Å². The molecule has 0 saturated carbocycles. The molecule has 0 radical (unpaired) electrons. The topological polar surface area (TPSA) is 46.1 Å². The number of hydrogen-bond donors (Lipinski definition) is 0. The number of halogens is 1. The first-order chi connectivity index (χ1) is 12.0. The molecule has 3 aromatic rings. The van der Waals surface area contributed by atoms with Crippen molar-refractivity contribution in [3.05, 3.63) is 59.4 Å². The molecular formula is C20H20ClN3O. The second-order valence-corrected chi connectivity index (χ2v) is 6.47. The van der Waals surface area contributed by atoms with E-state index in [-0.39, 0.29) is 17.8 Å². The lowest BCUT2D eigenvalue weighted by Gasteiger charge is -2.23. The lowest BCUT2D eigenvalue weighted by molar-refractivity contribution is 0.0728. The molecule has 0 aliphatic carbocycles. The van der Waals surface area contributed by atoms with Crippen LogP contribution in [0.2, 0.25) is 5.02 Å². The van der Waals surface area contributed by atoms with Crippen molar-refractivity contribution < 1.29 is 4.79 Å². The molecule has 0 fully saturated rings. The molecule has 1 aromatic heterocycles. The van der Waals surface area contributed by atoms with Gasteiger partial charge in [-0.1, -0.05) is 54.9 Å². The highest BCUT2D eigenvalue weighted by Gasteiger charge is 2.21. The van der Waals surface area contributed by atoms with E-state index in [0.717, 1.165) is 22.9 Å². The fraction of sp³-hybridized carbons (Fsp3) is 0.250. The van der Waals surface area contributed by atoms with Crippen LogP contribution in [-0.2, 0) is 0 Å². The first-order valence-corrected chi connectivity index (χ1v) is 8.69.